The minimum Gasteiger partial charge on any atom is -0.273 e. The lowest BCUT2D eigenvalue weighted by Gasteiger charge is -1.87. The van der Waals surface area contributed by atoms with Crippen molar-refractivity contribution in [1.82, 2.24) is 44.6 Å². The van der Waals surface area contributed by atoms with Gasteiger partial charge in [0.25, 0.3) is 0 Å². The van der Waals surface area contributed by atoms with Gasteiger partial charge in [-0.1, -0.05) is 5.21 Å². The Morgan fingerprint density at radius 3 is 1.67 bits per heavy atom. The van der Waals surface area contributed by atoms with E-state index in [2.05, 4.69) is 25.6 Å². The summed E-state index contributed by atoms with van der Waals surface area (Å²) in [4.78, 5) is 3.57. The van der Waals surface area contributed by atoms with Crippen molar-refractivity contribution in [3.8, 4) is 0 Å². The lowest BCUT2D eigenvalue weighted by atomic mass is 10.5. The van der Waals surface area contributed by atoms with Crippen LogP contribution in [0.5, 0.6) is 0 Å². The van der Waals surface area contributed by atoms with Gasteiger partial charge in [0.1, 0.15) is 14.1 Å². The highest BCUT2D eigenvalue weighted by Crippen LogP contribution is 1.89. The summed E-state index contributed by atoms with van der Waals surface area (Å²) in [5.74, 6) is 0. The molecule has 30 heavy (non-hydrogen) atoms. The molecule has 4 aromatic rings. The average Bonchev–Trinajstić information content (AvgIpc) is 3.40. The van der Waals surface area contributed by atoms with Gasteiger partial charge in [0.05, 0.1) is 19.8 Å². The second-order valence-electron chi connectivity index (χ2n) is 6.96. The van der Waals surface area contributed by atoms with Crippen LogP contribution in [0.1, 0.15) is 22.8 Å². The zero-order valence-corrected chi connectivity index (χ0v) is 19.8. The van der Waals surface area contributed by atoms with Gasteiger partial charge < -0.3 is 0 Å². The van der Waals surface area contributed by atoms with Crippen molar-refractivity contribution in [3.05, 3.63) is 53.6 Å². The van der Waals surface area contributed by atoms with Gasteiger partial charge in [0.15, 0.2) is 11.9 Å². The number of rotatable bonds is 0. The standard InChI is InChI=1S/2C5H10N3.C5H8N2.C4H7N3/c1-5-4-7(2)8(3)6-5;1-5-4-6-8(3)7(5)2;1-5-3-4-6-7(5)2;1-4-3-7(2)6-5-4/h2*4H,1-3H3;3-4H,1-2H3;3H,1-2H3/q2*+1;;. The summed E-state index contributed by atoms with van der Waals surface area (Å²) in [6.07, 6.45) is 7.45. The van der Waals surface area contributed by atoms with E-state index in [1.54, 1.807) is 20.5 Å². The Balaban J connectivity index is 0.000000200. The molecule has 164 valence electrons. The Morgan fingerprint density at radius 2 is 1.53 bits per heavy atom. The molecule has 4 heterocycles. The molecule has 0 N–H and O–H groups in total. The summed E-state index contributed by atoms with van der Waals surface area (Å²) in [6, 6.07) is 1.97. The fourth-order valence-corrected chi connectivity index (χ4v) is 2.14. The molecule has 11 heteroatoms. The van der Waals surface area contributed by atoms with E-state index >= 15 is 0 Å². The van der Waals surface area contributed by atoms with Crippen molar-refractivity contribution in [2.75, 3.05) is 0 Å². The van der Waals surface area contributed by atoms with Crippen LogP contribution in [-0.2, 0) is 42.3 Å². The first kappa shape index (κ1) is 24.7. The fraction of sp³-hybridized carbons (Fsp3) is 0.526. The van der Waals surface area contributed by atoms with Gasteiger partial charge >= 0.3 is 0 Å². The molecular weight excluding hydrogens is 382 g/mol. The predicted octanol–water partition coefficient (Wildman–Crippen LogP) is -0.0419. The normalized spacial score (nSPS) is 9.67. The average molecular weight is 418 g/mol. The zero-order chi connectivity index (χ0) is 22.8. The molecule has 0 amide bonds. The fourth-order valence-electron chi connectivity index (χ4n) is 2.14. The van der Waals surface area contributed by atoms with Crippen LogP contribution >= 0.6 is 0 Å². The van der Waals surface area contributed by atoms with Crippen LogP contribution in [0.4, 0.5) is 0 Å². The van der Waals surface area contributed by atoms with Crippen molar-refractivity contribution in [1.29, 1.82) is 0 Å². The van der Waals surface area contributed by atoms with Crippen molar-refractivity contribution < 1.29 is 9.36 Å². The number of hydrogen-bond donors (Lipinski definition) is 0. The smallest absolute Gasteiger partial charge is 0.215 e. The van der Waals surface area contributed by atoms with Crippen LogP contribution in [0.2, 0.25) is 0 Å². The summed E-state index contributed by atoms with van der Waals surface area (Å²) < 4.78 is 7.41. The molecule has 0 bridgehead atoms. The van der Waals surface area contributed by atoms with Crippen LogP contribution in [0.15, 0.2) is 30.9 Å². The summed E-state index contributed by atoms with van der Waals surface area (Å²) in [5, 5.41) is 19.4. The van der Waals surface area contributed by atoms with E-state index in [1.807, 2.05) is 109 Å². The Hall–Kier alpha value is -3.37. The molecule has 4 aromatic heterocycles. The molecule has 11 nitrogen and oxygen atoms in total. The summed E-state index contributed by atoms with van der Waals surface area (Å²) in [7, 11) is 11.5. The van der Waals surface area contributed by atoms with Crippen molar-refractivity contribution in [3.63, 3.8) is 0 Å². The van der Waals surface area contributed by atoms with Gasteiger partial charge in [0, 0.05) is 56.2 Å². The topological polar surface area (TPSA) is 91.9 Å². The van der Waals surface area contributed by atoms with E-state index in [9.17, 15) is 0 Å². The lowest BCUT2D eigenvalue weighted by molar-refractivity contribution is -0.760. The third-order valence-electron chi connectivity index (χ3n) is 4.27. The molecule has 0 unspecified atom stereocenters. The quantitative estimate of drug-likeness (QED) is 0.374. The molecule has 4 rings (SSSR count). The van der Waals surface area contributed by atoms with Crippen molar-refractivity contribution in [2.45, 2.75) is 27.7 Å². The first-order valence-electron chi connectivity index (χ1n) is 9.50. The molecule has 0 atom stereocenters. The Labute approximate surface area is 178 Å². The minimum absolute atomic E-state index is 0.961. The zero-order valence-electron chi connectivity index (χ0n) is 19.8. The summed E-state index contributed by atoms with van der Waals surface area (Å²) in [6.45, 7) is 7.92. The third-order valence-corrected chi connectivity index (χ3v) is 4.27. The first-order chi connectivity index (χ1) is 14.0. The van der Waals surface area contributed by atoms with Gasteiger partial charge in [-0.3, -0.25) is 9.36 Å². The van der Waals surface area contributed by atoms with E-state index in [0.717, 1.165) is 11.4 Å². The molecule has 0 aromatic carbocycles. The maximum atomic E-state index is 4.09. The van der Waals surface area contributed by atoms with Crippen LogP contribution in [0.3, 0.4) is 0 Å². The van der Waals surface area contributed by atoms with Crippen LogP contribution < -0.4 is 9.36 Å². The van der Waals surface area contributed by atoms with Crippen LogP contribution in [-0.4, -0.2) is 44.6 Å². The van der Waals surface area contributed by atoms with E-state index in [0.29, 0.717) is 0 Å². The minimum atomic E-state index is 0.961. The molecule has 0 aliphatic heterocycles. The van der Waals surface area contributed by atoms with E-state index in [4.69, 9.17) is 0 Å². The highest BCUT2D eigenvalue weighted by atomic mass is 15.5. The maximum absolute atomic E-state index is 4.09. The predicted molar refractivity (Wildman–Crippen MR) is 112 cm³/mol. The summed E-state index contributed by atoms with van der Waals surface area (Å²) in [5.41, 5.74) is 4.38. The van der Waals surface area contributed by atoms with E-state index in [1.165, 1.54) is 11.4 Å². The molecule has 0 saturated heterocycles. The Morgan fingerprint density at radius 1 is 0.867 bits per heavy atom. The van der Waals surface area contributed by atoms with Gasteiger partial charge in [0.2, 0.25) is 11.9 Å². The molecule has 0 radical (unpaired) electrons. The number of aromatic nitrogens is 11. The van der Waals surface area contributed by atoms with E-state index in [-0.39, 0.29) is 0 Å². The van der Waals surface area contributed by atoms with Crippen LogP contribution in [0, 0.1) is 27.7 Å². The SMILES string of the molecule is Cc1c[n+](C)n(C)n1.Cc1ccnn1C.Cc1cn(C)nn1.Cc1cnn(C)[n+]1C. The van der Waals surface area contributed by atoms with Gasteiger partial charge in [-0.25, -0.2) is 0 Å². The maximum Gasteiger partial charge on any atom is 0.215 e. The molecule has 0 saturated carbocycles. The number of nitrogens with zero attached hydrogens (tertiary/aromatic N) is 11. The molecular formula is C19H35N11+2. The number of hydrogen-bond acceptors (Lipinski definition) is 5. The first-order valence-corrected chi connectivity index (χ1v) is 9.50. The Bertz CT molecular complexity index is 947. The molecule has 0 spiro atoms. The van der Waals surface area contributed by atoms with Crippen molar-refractivity contribution in [2.24, 2.45) is 42.3 Å². The molecule has 0 aliphatic rings. The highest BCUT2D eigenvalue weighted by Gasteiger charge is 2.02. The molecule has 0 aliphatic carbocycles. The van der Waals surface area contributed by atoms with Gasteiger partial charge in [-0.15, -0.1) is 5.10 Å². The third kappa shape index (κ3) is 8.33. The monoisotopic (exact) mass is 417 g/mol. The Kier molecular flexibility index (Phi) is 9.53. The van der Waals surface area contributed by atoms with Gasteiger partial charge in [-0.05, 0) is 29.5 Å². The highest BCUT2D eigenvalue weighted by molar-refractivity contribution is 4.94. The second kappa shape index (κ2) is 11.6. The van der Waals surface area contributed by atoms with Crippen LogP contribution in [0.25, 0.3) is 0 Å². The second-order valence-corrected chi connectivity index (χ2v) is 6.96. The number of aryl methyl sites for hydroxylation is 9. The van der Waals surface area contributed by atoms with E-state index < -0.39 is 0 Å². The van der Waals surface area contributed by atoms with Crippen molar-refractivity contribution >= 4 is 0 Å². The largest absolute Gasteiger partial charge is 0.273 e. The summed E-state index contributed by atoms with van der Waals surface area (Å²) >= 11 is 0. The van der Waals surface area contributed by atoms with Gasteiger partial charge in [-0.2, -0.15) is 14.5 Å². The lowest BCUT2D eigenvalue weighted by Crippen LogP contribution is -2.39. The molecule has 0 fully saturated rings.